The molecule has 2 rings (SSSR count). The molecule has 142 valence electrons. The Kier molecular flexibility index (Phi) is 7.16. The van der Waals surface area contributed by atoms with Crippen molar-refractivity contribution < 1.29 is 29.3 Å². The molecule has 1 atom stereocenters. The van der Waals surface area contributed by atoms with Gasteiger partial charge in [0.15, 0.2) is 24.2 Å². The lowest BCUT2D eigenvalue weighted by molar-refractivity contribution is -0.139. The number of methoxy groups -OCH3 is 1. The van der Waals surface area contributed by atoms with Crippen molar-refractivity contribution in [1.82, 2.24) is 5.43 Å². The molecule has 2 aromatic rings. The molecule has 0 aliphatic rings. The lowest BCUT2D eigenvalue weighted by Crippen LogP contribution is -2.25. The average Bonchev–Trinajstić information content (AvgIpc) is 2.66. The van der Waals surface area contributed by atoms with Crippen LogP contribution < -0.4 is 14.9 Å². The quantitative estimate of drug-likeness (QED) is 0.467. The summed E-state index contributed by atoms with van der Waals surface area (Å²) < 4.78 is 10.2. The minimum atomic E-state index is -1.35. The van der Waals surface area contributed by atoms with E-state index in [0.717, 1.165) is 0 Å². The van der Waals surface area contributed by atoms with Gasteiger partial charge in [-0.05, 0) is 23.3 Å². The maximum Gasteiger partial charge on any atom is 0.341 e. The van der Waals surface area contributed by atoms with E-state index in [0.29, 0.717) is 11.1 Å². The van der Waals surface area contributed by atoms with Crippen molar-refractivity contribution in [3.63, 3.8) is 0 Å². The first-order valence-electron chi connectivity index (χ1n) is 7.70. The molecule has 27 heavy (non-hydrogen) atoms. The van der Waals surface area contributed by atoms with E-state index in [1.54, 1.807) is 30.3 Å². The van der Waals surface area contributed by atoms with Gasteiger partial charge in [-0.15, -0.1) is 0 Å². The standard InChI is InChI=1S/C18H17ClN2O6/c1-26-14-8-11(7-13(19)17(14)27-10-15(22)23)9-20-21-18(25)16(24)12-5-3-2-4-6-12/h2-9,16,24H,10H2,1H3,(H,21,25)(H,22,23)/b20-9-/t16-/m1/s1. The van der Waals surface area contributed by atoms with Crippen LogP contribution in [0, 0.1) is 0 Å². The van der Waals surface area contributed by atoms with Crippen molar-refractivity contribution in [3.8, 4) is 11.5 Å². The van der Waals surface area contributed by atoms with Gasteiger partial charge >= 0.3 is 5.97 Å². The molecule has 0 spiro atoms. The smallest absolute Gasteiger partial charge is 0.341 e. The maximum absolute atomic E-state index is 11.9. The zero-order chi connectivity index (χ0) is 19.8. The third-order valence-electron chi connectivity index (χ3n) is 3.34. The van der Waals surface area contributed by atoms with Crippen LogP contribution in [0.2, 0.25) is 5.02 Å². The van der Waals surface area contributed by atoms with E-state index in [1.807, 2.05) is 0 Å². The first-order chi connectivity index (χ1) is 12.9. The zero-order valence-electron chi connectivity index (χ0n) is 14.3. The summed E-state index contributed by atoms with van der Waals surface area (Å²) in [7, 11) is 1.37. The monoisotopic (exact) mass is 392 g/mol. The number of carboxylic acids is 1. The number of carbonyl (C=O) groups is 2. The van der Waals surface area contributed by atoms with Crippen molar-refractivity contribution in [2.75, 3.05) is 13.7 Å². The summed E-state index contributed by atoms with van der Waals surface area (Å²) in [5.41, 5.74) is 3.14. The summed E-state index contributed by atoms with van der Waals surface area (Å²) >= 11 is 6.08. The van der Waals surface area contributed by atoms with Gasteiger partial charge in [0, 0.05) is 0 Å². The molecule has 0 bridgehead atoms. The third kappa shape index (κ3) is 5.70. The molecule has 0 heterocycles. The summed E-state index contributed by atoms with van der Waals surface area (Å²) in [5, 5.41) is 22.5. The number of aliphatic hydroxyl groups excluding tert-OH is 1. The van der Waals surface area contributed by atoms with Gasteiger partial charge in [-0.25, -0.2) is 10.2 Å². The maximum atomic E-state index is 11.9. The van der Waals surface area contributed by atoms with Crippen LogP contribution in [0.3, 0.4) is 0 Å². The highest BCUT2D eigenvalue weighted by Crippen LogP contribution is 2.36. The van der Waals surface area contributed by atoms with Gasteiger partial charge in [0.1, 0.15) is 0 Å². The number of hydrogen-bond donors (Lipinski definition) is 3. The van der Waals surface area contributed by atoms with Crippen molar-refractivity contribution in [2.45, 2.75) is 6.10 Å². The van der Waals surface area contributed by atoms with Crippen molar-refractivity contribution >= 4 is 29.7 Å². The topological polar surface area (TPSA) is 117 Å². The molecule has 9 heteroatoms. The SMILES string of the molecule is COc1cc(/C=N\NC(=O)[C@H](O)c2ccccc2)cc(Cl)c1OCC(=O)O. The molecule has 0 aliphatic carbocycles. The van der Waals surface area contributed by atoms with Crippen molar-refractivity contribution in [2.24, 2.45) is 5.10 Å². The normalized spacial score (nSPS) is 11.8. The number of carboxylic acid groups (broad SMARTS) is 1. The van der Waals surface area contributed by atoms with E-state index in [1.165, 1.54) is 25.5 Å². The molecule has 8 nitrogen and oxygen atoms in total. The minimum absolute atomic E-state index is 0.0854. The van der Waals surface area contributed by atoms with Crippen molar-refractivity contribution in [1.29, 1.82) is 0 Å². The second-order valence-electron chi connectivity index (χ2n) is 5.26. The Morgan fingerprint density at radius 3 is 2.63 bits per heavy atom. The largest absolute Gasteiger partial charge is 0.493 e. The Morgan fingerprint density at radius 2 is 2.00 bits per heavy atom. The highest BCUT2D eigenvalue weighted by molar-refractivity contribution is 6.32. The van der Waals surface area contributed by atoms with E-state index >= 15 is 0 Å². The Balaban J connectivity index is 2.07. The van der Waals surface area contributed by atoms with Crippen LogP contribution in [0.25, 0.3) is 0 Å². The molecule has 0 radical (unpaired) electrons. The number of carbonyl (C=O) groups excluding carboxylic acids is 1. The molecular formula is C18H17ClN2O6. The Hall–Kier alpha value is -3.10. The molecule has 0 fully saturated rings. The second kappa shape index (κ2) is 9.56. The van der Waals surface area contributed by atoms with Crippen LogP contribution in [-0.4, -0.2) is 42.0 Å². The van der Waals surface area contributed by atoms with Gasteiger partial charge in [0.05, 0.1) is 18.3 Å². The predicted octanol–water partition coefficient (Wildman–Crippen LogP) is 2.00. The first-order valence-corrected chi connectivity index (χ1v) is 8.08. The van der Waals surface area contributed by atoms with Gasteiger partial charge in [-0.1, -0.05) is 41.9 Å². The molecule has 2 aromatic carbocycles. The van der Waals surface area contributed by atoms with E-state index in [4.69, 9.17) is 26.2 Å². The fourth-order valence-corrected chi connectivity index (χ4v) is 2.38. The summed E-state index contributed by atoms with van der Waals surface area (Å²) in [4.78, 5) is 22.5. The fourth-order valence-electron chi connectivity index (χ4n) is 2.11. The first kappa shape index (κ1) is 20.2. The van der Waals surface area contributed by atoms with E-state index < -0.39 is 24.6 Å². The minimum Gasteiger partial charge on any atom is -0.493 e. The van der Waals surface area contributed by atoms with Crippen LogP contribution in [0.15, 0.2) is 47.6 Å². The van der Waals surface area contributed by atoms with Gasteiger partial charge in [0.2, 0.25) is 0 Å². The molecule has 3 N–H and O–H groups in total. The number of aliphatic carboxylic acids is 1. The fraction of sp³-hybridized carbons (Fsp3) is 0.167. The van der Waals surface area contributed by atoms with Gasteiger partial charge in [-0.3, -0.25) is 4.79 Å². The van der Waals surface area contributed by atoms with Gasteiger partial charge < -0.3 is 19.7 Å². The summed E-state index contributed by atoms with van der Waals surface area (Å²) in [6, 6.07) is 11.4. The van der Waals surface area contributed by atoms with E-state index in [9.17, 15) is 14.7 Å². The second-order valence-corrected chi connectivity index (χ2v) is 5.67. The van der Waals surface area contributed by atoms with E-state index in [-0.39, 0.29) is 16.5 Å². The number of benzene rings is 2. The lowest BCUT2D eigenvalue weighted by atomic mass is 10.1. The highest BCUT2D eigenvalue weighted by Gasteiger charge is 2.16. The van der Waals surface area contributed by atoms with Crippen molar-refractivity contribution in [3.05, 3.63) is 58.6 Å². The molecule has 1 amide bonds. The Morgan fingerprint density at radius 1 is 1.30 bits per heavy atom. The Labute approximate surface area is 160 Å². The molecule has 0 saturated heterocycles. The molecule has 0 saturated carbocycles. The number of aliphatic hydroxyl groups is 1. The van der Waals surface area contributed by atoms with E-state index in [2.05, 4.69) is 10.5 Å². The number of hydrogen-bond acceptors (Lipinski definition) is 6. The zero-order valence-corrected chi connectivity index (χ0v) is 15.0. The predicted molar refractivity (Wildman–Crippen MR) is 98.3 cm³/mol. The third-order valence-corrected chi connectivity index (χ3v) is 3.62. The molecule has 0 aromatic heterocycles. The molecular weight excluding hydrogens is 376 g/mol. The number of hydrazone groups is 1. The summed E-state index contributed by atoms with van der Waals surface area (Å²) in [6.45, 7) is -0.572. The highest BCUT2D eigenvalue weighted by atomic mass is 35.5. The summed E-state index contributed by atoms with van der Waals surface area (Å²) in [5.74, 6) is -1.56. The number of ether oxygens (including phenoxy) is 2. The Bertz CT molecular complexity index is 841. The lowest BCUT2D eigenvalue weighted by Gasteiger charge is -2.12. The summed E-state index contributed by atoms with van der Waals surface area (Å²) in [6.07, 6.45) is -0.0568. The number of amides is 1. The van der Waals surface area contributed by atoms with Crippen LogP contribution in [0.5, 0.6) is 11.5 Å². The van der Waals surface area contributed by atoms with Crippen LogP contribution in [-0.2, 0) is 9.59 Å². The number of nitrogens with one attached hydrogen (secondary N) is 1. The van der Waals surface area contributed by atoms with Crippen LogP contribution in [0.1, 0.15) is 17.2 Å². The van der Waals surface area contributed by atoms with Crippen LogP contribution in [0.4, 0.5) is 0 Å². The average molecular weight is 393 g/mol. The molecule has 0 unspecified atom stereocenters. The number of halogens is 1. The molecule has 0 aliphatic heterocycles. The van der Waals surface area contributed by atoms with Gasteiger partial charge in [-0.2, -0.15) is 5.10 Å². The van der Waals surface area contributed by atoms with Crippen LogP contribution >= 0.6 is 11.6 Å². The number of nitrogens with zero attached hydrogens (tertiary/aromatic N) is 1. The number of rotatable bonds is 8. The van der Waals surface area contributed by atoms with Gasteiger partial charge in [0.25, 0.3) is 5.91 Å².